The summed E-state index contributed by atoms with van der Waals surface area (Å²) >= 11 is 0. The van der Waals surface area contributed by atoms with Crippen LogP contribution in [0.2, 0.25) is 0 Å². The van der Waals surface area contributed by atoms with Crippen LogP contribution >= 0.6 is 0 Å². The van der Waals surface area contributed by atoms with Crippen LogP contribution in [0.4, 0.5) is 0 Å². The lowest BCUT2D eigenvalue weighted by Crippen LogP contribution is -2.10. The molecular formula is C23H26N4O2. The molecule has 0 unspecified atom stereocenters. The molecule has 3 aromatic rings. The number of hydrogen-bond donors (Lipinski definition) is 0. The molecule has 1 fully saturated rings. The van der Waals surface area contributed by atoms with Crippen LogP contribution in [0.3, 0.4) is 0 Å². The second kappa shape index (κ2) is 9.87. The maximum absolute atomic E-state index is 5.89. The van der Waals surface area contributed by atoms with Crippen molar-refractivity contribution in [2.75, 3.05) is 13.2 Å². The van der Waals surface area contributed by atoms with Gasteiger partial charge >= 0.3 is 0 Å². The molecule has 4 rings (SSSR count). The number of benzene rings is 2. The SMILES string of the molecule is C(=Nn1cnnc1)c1ccccc1OCCOc1ccc(C2CCCCC2)cc1. The monoisotopic (exact) mass is 390 g/mol. The third-order valence-electron chi connectivity index (χ3n) is 5.22. The van der Waals surface area contributed by atoms with Crippen LogP contribution in [0.1, 0.15) is 49.1 Å². The highest BCUT2D eigenvalue weighted by Gasteiger charge is 2.15. The van der Waals surface area contributed by atoms with Gasteiger partial charge in [-0.3, -0.25) is 0 Å². The van der Waals surface area contributed by atoms with Crippen LogP contribution in [-0.4, -0.2) is 34.3 Å². The lowest BCUT2D eigenvalue weighted by atomic mass is 9.84. The van der Waals surface area contributed by atoms with E-state index in [4.69, 9.17) is 9.47 Å². The van der Waals surface area contributed by atoms with Crippen LogP contribution in [0, 0.1) is 0 Å². The van der Waals surface area contributed by atoms with Gasteiger partial charge in [-0.1, -0.05) is 43.5 Å². The van der Waals surface area contributed by atoms with Gasteiger partial charge in [-0.05, 0) is 48.6 Å². The topological polar surface area (TPSA) is 61.5 Å². The van der Waals surface area contributed by atoms with Crippen molar-refractivity contribution >= 4 is 6.21 Å². The molecule has 6 nitrogen and oxygen atoms in total. The van der Waals surface area contributed by atoms with E-state index in [0.717, 1.165) is 23.0 Å². The zero-order valence-electron chi connectivity index (χ0n) is 16.5. The van der Waals surface area contributed by atoms with Gasteiger partial charge in [-0.15, -0.1) is 10.2 Å². The molecule has 0 spiro atoms. The van der Waals surface area contributed by atoms with E-state index in [1.165, 1.54) is 55.0 Å². The first kappa shape index (κ1) is 19.2. The van der Waals surface area contributed by atoms with Gasteiger partial charge in [0, 0.05) is 5.56 Å². The Hall–Kier alpha value is -3.15. The smallest absolute Gasteiger partial charge is 0.141 e. The normalized spacial score (nSPS) is 14.9. The number of hydrogen-bond acceptors (Lipinski definition) is 5. The third-order valence-corrected chi connectivity index (χ3v) is 5.22. The predicted octanol–water partition coefficient (Wildman–Crippen LogP) is 4.67. The Kier molecular flexibility index (Phi) is 6.53. The molecule has 0 atom stereocenters. The van der Waals surface area contributed by atoms with Crippen molar-refractivity contribution in [3.05, 3.63) is 72.3 Å². The Labute approximate surface area is 171 Å². The molecule has 150 valence electrons. The summed E-state index contributed by atoms with van der Waals surface area (Å²) in [5.74, 6) is 2.37. The lowest BCUT2D eigenvalue weighted by Gasteiger charge is -2.22. The van der Waals surface area contributed by atoms with E-state index in [0.29, 0.717) is 13.2 Å². The molecule has 1 aliphatic rings. The summed E-state index contributed by atoms with van der Waals surface area (Å²) in [5, 5.41) is 11.7. The first-order chi connectivity index (χ1) is 14.4. The van der Waals surface area contributed by atoms with E-state index < -0.39 is 0 Å². The highest BCUT2D eigenvalue weighted by atomic mass is 16.5. The van der Waals surface area contributed by atoms with Gasteiger partial charge < -0.3 is 9.47 Å². The first-order valence-electron chi connectivity index (χ1n) is 10.2. The molecule has 0 aliphatic heterocycles. The van der Waals surface area contributed by atoms with Crippen molar-refractivity contribution < 1.29 is 9.47 Å². The van der Waals surface area contributed by atoms with Crippen LogP contribution in [0.25, 0.3) is 0 Å². The van der Waals surface area contributed by atoms with E-state index in [1.54, 1.807) is 6.21 Å². The minimum absolute atomic E-state index is 0.460. The molecule has 1 aromatic heterocycles. The van der Waals surface area contributed by atoms with Crippen molar-refractivity contribution in [1.29, 1.82) is 0 Å². The summed E-state index contributed by atoms with van der Waals surface area (Å²) in [6.45, 7) is 0.946. The number of para-hydroxylation sites is 1. The number of rotatable bonds is 8. The summed E-state index contributed by atoms with van der Waals surface area (Å²) in [4.78, 5) is 0. The standard InChI is InChI=1S/C23H26N4O2/c1-2-6-19(7-3-1)20-10-12-22(13-11-20)28-14-15-29-23-9-5-4-8-21(23)16-26-27-17-24-25-18-27/h4-5,8-13,16-19H,1-3,6-7,14-15H2. The fraction of sp³-hybridized carbons (Fsp3) is 0.348. The largest absolute Gasteiger partial charge is 0.490 e. The van der Waals surface area contributed by atoms with Crippen LogP contribution in [0.5, 0.6) is 11.5 Å². The number of nitrogens with zero attached hydrogens (tertiary/aromatic N) is 4. The Morgan fingerprint density at radius 2 is 1.62 bits per heavy atom. The molecule has 0 amide bonds. The highest BCUT2D eigenvalue weighted by Crippen LogP contribution is 2.33. The van der Waals surface area contributed by atoms with Gasteiger partial charge in [-0.25, -0.2) is 4.68 Å². The minimum Gasteiger partial charge on any atom is -0.490 e. The summed E-state index contributed by atoms with van der Waals surface area (Å²) < 4.78 is 13.3. The van der Waals surface area contributed by atoms with Crippen molar-refractivity contribution in [2.45, 2.75) is 38.0 Å². The van der Waals surface area contributed by atoms with Gasteiger partial charge in [0.15, 0.2) is 0 Å². The molecule has 1 aliphatic carbocycles. The van der Waals surface area contributed by atoms with Crippen LogP contribution < -0.4 is 9.47 Å². The fourth-order valence-electron chi connectivity index (χ4n) is 3.69. The van der Waals surface area contributed by atoms with Crippen LogP contribution in [-0.2, 0) is 0 Å². The maximum Gasteiger partial charge on any atom is 0.141 e. The summed E-state index contributed by atoms with van der Waals surface area (Å²) in [6.07, 6.45) is 11.5. The molecule has 6 heteroatoms. The minimum atomic E-state index is 0.460. The van der Waals surface area contributed by atoms with Crippen molar-refractivity contribution in [1.82, 2.24) is 14.9 Å². The first-order valence-corrected chi connectivity index (χ1v) is 10.2. The van der Waals surface area contributed by atoms with Gasteiger partial charge in [-0.2, -0.15) is 5.10 Å². The maximum atomic E-state index is 5.89. The zero-order valence-corrected chi connectivity index (χ0v) is 16.5. The molecule has 1 saturated carbocycles. The zero-order chi connectivity index (χ0) is 19.7. The lowest BCUT2D eigenvalue weighted by molar-refractivity contribution is 0.217. The van der Waals surface area contributed by atoms with Gasteiger partial charge in [0.2, 0.25) is 0 Å². The highest BCUT2D eigenvalue weighted by molar-refractivity contribution is 5.83. The van der Waals surface area contributed by atoms with E-state index in [9.17, 15) is 0 Å². The van der Waals surface area contributed by atoms with E-state index in [1.807, 2.05) is 24.3 Å². The fourth-order valence-corrected chi connectivity index (χ4v) is 3.69. The summed E-state index contributed by atoms with van der Waals surface area (Å²) in [7, 11) is 0. The Bertz CT molecular complexity index is 901. The average molecular weight is 390 g/mol. The molecule has 29 heavy (non-hydrogen) atoms. The van der Waals surface area contributed by atoms with Crippen LogP contribution in [0.15, 0.2) is 66.3 Å². The predicted molar refractivity (Wildman–Crippen MR) is 113 cm³/mol. The Balaban J connectivity index is 1.26. The van der Waals surface area contributed by atoms with Gasteiger partial charge in [0.25, 0.3) is 0 Å². The molecule has 1 heterocycles. The second-order valence-electron chi connectivity index (χ2n) is 7.23. The van der Waals surface area contributed by atoms with E-state index >= 15 is 0 Å². The molecule has 2 aromatic carbocycles. The molecular weight excluding hydrogens is 364 g/mol. The number of aromatic nitrogens is 3. The van der Waals surface area contributed by atoms with E-state index in [-0.39, 0.29) is 0 Å². The Morgan fingerprint density at radius 1 is 0.897 bits per heavy atom. The molecule has 0 N–H and O–H groups in total. The Morgan fingerprint density at radius 3 is 2.41 bits per heavy atom. The van der Waals surface area contributed by atoms with Crippen molar-refractivity contribution in [3.63, 3.8) is 0 Å². The molecule has 0 radical (unpaired) electrons. The second-order valence-corrected chi connectivity index (χ2v) is 7.23. The average Bonchev–Trinajstić information content (AvgIpc) is 3.31. The molecule has 0 bridgehead atoms. The molecule has 0 saturated heterocycles. The summed E-state index contributed by atoms with van der Waals surface area (Å²) in [5.41, 5.74) is 2.33. The summed E-state index contributed by atoms with van der Waals surface area (Å²) in [6, 6.07) is 16.3. The van der Waals surface area contributed by atoms with E-state index in [2.05, 4.69) is 39.6 Å². The van der Waals surface area contributed by atoms with Gasteiger partial charge in [0.05, 0.1) is 6.21 Å². The quantitative estimate of drug-likeness (QED) is 0.414. The third kappa shape index (κ3) is 5.44. The van der Waals surface area contributed by atoms with Gasteiger partial charge in [0.1, 0.15) is 37.4 Å². The number of ether oxygens (including phenoxy) is 2. The van der Waals surface area contributed by atoms with Crippen molar-refractivity contribution in [3.8, 4) is 11.5 Å². The van der Waals surface area contributed by atoms with Crippen molar-refractivity contribution in [2.24, 2.45) is 5.10 Å².